The zero-order valence-corrected chi connectivity index (χ0v) is 10.8. The van der Waals surface area contributed by atoms with Crippen molar-refractivity contribution in [1.29, 1.82) is 0 Å². The van der Waals surface area contributed by atoms with E-state index in [2.05, 4.69) is 0 Å². The second-order valence-corrected chi connectivity index (χ2v) is 2.87. The molecule has 12 heavy (non-hydrogen) atoms. The van der Waals surface area contributed by atoms with Crippen LogP contribution in [0, 0.1) is 0 Å². The maximum Gasteiger partial charge on any atom is 3.00 e. The maximum absolute atomic E-state index is 8.80. The molecule has 2 N–H and O–H groups in total. The maximum atomic E-state index is 8.80. The fourth-order valence-corrected chi connectivity index (χ4v) is 0. The topological polar surface area (TPSA) is 167 Å². The quantitative estimate of drug-likeness (QED) is 0.239. The molecule has 12 heteroatoms. The Bertz CT molecular complexity index is 154. The molecule has 0 aromatic carbocycles. The molecule has 64 valence electrons. The molecule has 0 bridgehead atoms. The van der Waals surface area contributed by atoms with E-state index < -0.39 is 19.4 Å². The Morgan fingerprint density at radius 1 is 1.08 bits per heavy atom. The average Bonchev–Trinajstić information content (AvgIpc) is 1.12. The Morgan fingerprint density at radius 3 is 1.08 bits per heavy atom. The molecule has 0 unspecified atom stereocenters. The SMILES string of the molecule is O=S(=O)([O-])[O-].[Al+3].[Na+].[O-][Si]([O-])(O)O. The molecule has 0 spiro atoms. The number of rotatable bonds is 0. The van der Waals surface area contributed by atoms with Gasteiger partial charge in [-0.15, -0.1) is 0 Å². The van der Waals surface area contributed by atoms with Crippen molar-refractivity contribution in [2.24, 2.45) is 0 Å². The van der Waals surface area contributed by atoms with Crippen LogP contribution in [0.15, 0.2) is 0 Å². The second-order valence-electron chi connectivity index (χ2n) is 0.957. The van der Waals surface area contributed by atoms with Gasteiger partial charge in [-0.3, -0.25) is 8.42 Å². The van der Waals surface area contributed by atoms with Crippen molar-refractivity contribution in [3.63, 3.8) is 0 Å². The van der Waals surface area contributed by atoms with Gasteiger partial charge in [0.2, 0.25) is 0 Å². The third-order valence-corrected chi connectivity index (χ3v) is 0. The minimum Gasteiger partial charge on any atom is -0.828 e. The Hall–Kier alpha value is 1.46. The van der Waals surface area contributed by atoms with E-state index in [1.807, 2.05) is 0 Å². The molecule has 8 nitrogen and oxygen atoms in total. The molecule has 0 rings (SSSR count). The third kappa shape index (κ3) is 589. The van der Waals surface area contributed by atoms with Crippen molar-refractivity contribution in [2.75, 3.05) is 0 Å². The summed E-state index contributed by atoms with van der Waals surface area (Å²) in [6.45, 7) is 0. The van der Waals surface area contributed by atoms with Gasteiger partial charge in [0.15, 0.2) is 0 Å². The van der Waals surface area contributed by atoms with Gasteiger partial charge in [-0.05, 0) is 0 Å². The summed E-state index contributed by atoms with van der Waals surface area (Å²) in [5, 5.41) is 0. The van der Waals surface area contributed by atoms with Crippen molar-refractivity contribution in [2.45, 2.75) is 0 Å². The molecule has 0 amide bonds. The summed E-state index contributed by atoms with van der Waals surface area (Å²) in [4.78, 5) is 31.8. The summed E-state index contributed by atoms with van der Waals surface area (Å²) in [5.41, 5.74) is 0. The first kappa shape index (κ1) is 23.4. The average molecular weight is 240 g/mol. The fraction of sp³-hybridized carbons (Fsp3) is 0. The van der Waals surface area contributed by atoms with E-state index in [4.69, 9.17) is 36.7 Å². The van der Waals surface area contributed by atoms with Gasteiger partial charge in [0.1, 0.15) is 9.05 Å². The van der Waals surface area contributed by atoms with Crippen molar-refractivity contribution >= 4 is 36.8 Å². The number of hydrogen-bond donors (Lipinski definition) is 2. The summed E-state index contributed by atoms with van der Waals surface area (Å²) < 4.78 is 34.1. The molecule has 0 aliphatic carbocycles. The van der Waals surface area contributed by atoms with E-state index >= 15 is 0 Å². The van der Waals surface area contributed by atoms with Crippen molar-refractivity contribution in [3.8, 4) is 0 Å². The minimum absolute atomic E-state index is 0. The Morgan fingerprint density at radius 2 is 1.08 bits per heavy atom. The summed E-state index contributed by atoms with van der Waals surface area (Å²) in [7, 11) is -10.3. The van der Waals surface area contributed by atoms with Crippen molar-refractivity contribution in [3.05, 3.63) is 0 Å². The smallest absolute Gasteiger partial charge is 0.828 e. The van der Waals surface area contributed by atoms with Crippen LogP contribution in [-0.2, 0) is 10.4 Å². The molecule has 0 aliphatic heterocycles. The van der Waals surface area contributed by atoms with Crippen molar-refractivity contribution in [1.82, 2.24) is 0 Å². The largest absolute Gasteiger partial charge is 3.00 e. The molecule has 0 saturated carbocycles. The Balaban J connectivity index is -0.0000000457. The van der Waals surface area contributed by atoms with E-state index in [1.165, 1.54) is 0 Å². The number of hydrogen-bond acceptors (Lipinski definition) is 8. The normalized spacial score (nSPS) is 9.83. The van der Waals surface area contributed by atoms with E-state index in [9.17, 15) is 0 Å². The Labute approximate surface area is 102 Å². The first-order valence-corrected chi connectivity index (χ1v) is 4.57. The first-order valence-electron chi connectivity index (χ1n) is 1.52. The van der Waals surface area contributed by atoms with Crippen LogP contribution in [0.25, 0.3) is 0 Å². The molecule has 0 saturated heterocycles. The molecule has 0 aromatic heterocycles. The van der Waals surface area contributed by atoms with Crippen LogP contribution in [0.3, 0.4) is 0 Å². The fourth-order valence-electron chi connectivity index (χ4n) is 0. The van der Waals surface area contributed by atoms with Gasteiger partial charge in [-0.25, -0.2) is 0 Å². The molecule has 0 aromatic rings. The van der Waals surface area contributed by atoms with Crippen LogP contribution in [0.5, 0.6) is 0 Å². The summed E-state index contributed by atoms with van der Waals surface area (Å²) in [5.74, 6) is 0. The minimum atomic E-state index is -5.17. The predicted octanol–water partition coefficient (Wildman–Crippen LogP) is -8.59. The molecule has 0 heterocycles. The summed E-state index contributed by atoms with van der Waals surface area (Å²) >= 11 is 0. The van der Waals surface area contributed by atoms with Crippen LogP contribution in [-0.4, -0.2) is 53.5 Å². The van der Waals surface area contributed by atoms with Crippen LogP contribution in [0.2, 0.25) is 0 Å². The van der Waals surface area contributed by atoms with Gasteiger partial charge >= 0.3 is 46.9 Å². The summed E-state index contributed by atoms with van der Waals surface area (Å²) in [6, 6.07) is 0. The van der Waals surface area contributed by atoms with Gasteiger partial charge < -0.3 is 28.3 Å². The predicted molar refractivity (Wildman–Crippen MR) is 26.4 cm³/mol. The van der Waals surface area contributed by atoms with Crippen LogP contribution < -0.4 is 39.1 Å². The van der Waals surface area contributed by atoms with Crippen LogP contribution in [0.4, 0.5) is 0 Å². The van der Waals surface area contributed by atoms with Crippen molar-refractivity contribution < 1.29 is 66.3 Å². The molecule has 0 fully saturated rings. The van der Waals surface area contributed by atoms with Crippen LogP contribution >= 0.6 is 0 Å². The monoisotopic (exact) mass is 240 g/mol. The third-order valence-electron chi connectivity index (χ3n) is 0. The molecule has 0 radical (unpaired) electrons. The molecule has 0 atom stereocenters. The van der Waals surface area contributed by atoms with E-state index in [-0.39, 0.29) is 46.9 Å². The van der Waals surface area contributed by atoms with Gasteiger partial charge in [0.05, 0.1) is 0 Å². The van der Waals surface area contributed by atoms with E-state index in [1.54, 1.807) is 0 Å². The zero-order valence-electron chi connectivity index (χ0n) is 5.83. The van der Waals surface area contributed by atoms with Gasteiger partial charge in [0.25, 0.3) is 0 Å². The molecular formula is H2AlNaO8SSi. The summed E-state index contributed by atoms with van der Waals surface area (Å²) in [6.07, 6.45) is 0. The van der Waals surface area contributed by atoms with Gasteiger partial charge in [0, 0.05) is 10.4 Å². The first-order chi connectivity index (χ1) is 4.00. The molecular weight excluding hydrogens is 238 g/mol. The second kappa shape index (κ2) is 9.03. The van der Waals surface area contributed by atoms with Gasteiger partial charge in [-0.2, -0.15) is 0 Å². The zero-order chi connectivity index (χ0) is 9.00. The molecule has 0 aliphatic rings. The standard InChI is InChI=1S/Al.Na.H2O4S.H2O4Si/c;;2*1-5(2,3)4/h;;(H2,1,2,3,4);1-2H/q+3;+1;;-2/p-2. The Kier molecular flexibility index (Phi) is 17.6. The van der Waals surface area contributed by atoms with Crippen LogP contribution in [0.1, 0.15) is 0 Å². The van der Waals surface area contributed by atoms with E-state index in [0.29, 0.717) is 0 Å². The van der Waals surface area contributed by atoms with Gasteiger partial charge in [-0.1, -0.05) is 0 Å². The van der Waals surface area contributed by atoms with E-state index in [0.717, 1.165) is 0 Å².